The first kappa shape index (κ1) is 32.0. The van der Waals surface area contributed by atoms with E-state index < -0.39 is 23.7 Å². The fourth-order valence-corrected chi connectivity index (χ4v) is 4.96. The number of nitrogens with two attached hydrogens (primary N) is 3. The molecule has 0 fully saturated rings. The molecule has 4 aromatic rings. The smallest absolute Gasteiger partial charge is 0.370 e. The summed E-state index contributed by atoms with van der Waals surface area (Å²) in [6.45, 7) is 2.14. The number of benzene rings is 2. The second-order valence-electron chi connectivity index (χ2n) is 10.4. The Balaban J connectivity index is 1.59. The van der Waals surface area contributed by atoms with Crippen LogP contribution in [0.2, 0.25) is 5.02 Å². The SMILES string of the molecule is C[C@H](N)CCCc1cc(Cl)c(F)c(-c2cc3cn(-c4ccc([C@@H](NCCCN=C(N)N)C(F)(F)F)cc4)c(=O)nc3[nH]2)c1. The lowest BCUT2D eigenvalue weighted by molar-refractivity contribution is -0.157. The topological polar surface area (TPSA) is 153 Å². The monoisotopic (exact) mass is 620 g/mol. The van der Waals surface area contributed by atoms with E-state index in [0.717, 1.165) is 18.4 Å². The number of guanidine groups is 1. The molecule has 0 unspecified atom stereocenters. The van der Waals surface area contributed by atoms with E-state index in [0.29, 0.717) is 29.6 Å². The van der Waals surface area contributed by atoms with Crippen LogP contribution in [-0.2, 0) is 6.42 Å². The molecule has 2 aromatic heterocycles. The van der Waals surface area contributed by atoms with Crippen LogP contribution in [0.4, 0.5) is 17.6 Å². The van der Waals surface area contributed by atoms with E-state index in [2.05, 4.69) is 20.3 Å². The highest BCUT2D eigenvalue weighted by Gasteiger charge is 2.40. The predicted molar refractivity (Wildman–Crippen MR) is 161 cm³/mol. The summed E-state index contributed by atoms with van der Waals surface area (Å²) in [4.78, 5) is 23.7. The molecule has 14 heteroatoms. The molecular weight excluding hydrogens is 588 g/mol. The van der Waals surface area contributed by atoms with Crippen molar-refractivity contribution in [1.82, 2.24) is 19.9 Å². The Hall–Kier alpha value is -3.94. The number of rotatable bonds is 12. The summed E-state index contributed by atoms with van der Waals surface area (Å²) in [7, 11) is 0. The zero-order valence-corrected chi connectivity index (χ0v) is 24.1. The van der Waals surface area contributed by atoms with Gasteiger partial charge < -0.3 is 27.5 Å². The maximum absolute atomic E-state index is 15.0. The Morgan fingerprint density at radius 2 is 1.88 bits per heavy atom. The summed E-state index contributed by atoms with van der Waals surface area (Å²) < 4.78 is 57.6. The van der Waals surface area contributed by atoms with E-state index in [1.54, 1.807) is 18.2 Å². The third-order valence-electron chi connectivity index (χ3n) is 6.82. The van der Waals surface area contributed by atoms with Gasteiger partial charge in [-0.2, -0.15) is 18.2 Å². The molecule has 43 heavy (non-hydrogen) atoms. The lowest BCUT2D eigenvalue weighted by Gasteiger charge is -2.22. The molecule has 2 aromatic carbocycles. The van der Waals surface area contributed by atoms with Crippen LogP contribution in [0.25, 0.3) is 28.0 Å². The minimum absolute atomic E-state index is 0.0278. The van der Waals surface area contributed by atoms with Crippen molar-refractivity contribution in [2.75, 3.05) is 13.1 Å². The number of aryl methyl sites for hydroxylation is 1. The maximum atomic E-state index is 15.0. The Morgan fingerprint density at radius 3 is 2.53 bits per heavy atom. The van der Waals surface area contributed by atoms with E-state index >= 15 is 4.39 Å². The lowest BCUT2D eigenvalue weighted by Crippen LogP contribution is -2.35. The van der Waals surface area contributed by atoms with Crippen LogP contribution in [-0.4, -0.2) is 45.8 Å². The molecule has 9 nitrogen and oxygen atoms in total. The van der Waals surface area contributed by atoms with Crippen LogP contribution in [0.5, 0.6) is 0 Å². The molecule has 0 radical (unpaired) electrons. The van der Waals surface area contributed by atoms with Crippen LogP contribution in [0.15, 0.2) is 58.4 Å². The molecule has 4 rings (SSSR count). The van der Waals surface area contributed by atoms with Crippen molar-refractivity contribution >= 4 is 28.6 Å². The van der Waals surface area contributed by atoms with Gasteiger partial charge in [0.05, 0.1) is 16.4 Å². The van der Waals surface area contributed by atoms with E-state index in [1.807, 2.05) is 6.92 Å². The second kappa shape index (κ2) is 13.6. The van der Waals surface area contributed by atoms with Gasteiger partial charge in [0.2, 0.25) is 0 Å². The fourth-order valence-electron chi connectivity index (χ4n) is 4.72. The molecule has 8 N–H and O–H groups in total. The Morgan fingerprint density at radius 1 is 1.16 bits per heavy atom. The molecule has 0 saturated heterocycles. The summed E-state index contributed by atoms with van der Waals surface area (Å²) in [6, 6.07) is 8.45. The highest BCUT2D eigenvalue weighted by Crippen LogP contribution is 2.34. The largest absolute Gasteiger partial charge is 0.407 e. The minimum atomic E-state index is -4.56. The van der Waals surface area contributed by atoms with Crippen molar-refractivity contribution in [3.8, 4) is 16.9 Å². The van der Waals surface area contributed by atoms with Gasteiger partial charge in [-0.05, 0) is 80.6 Å². The standard InChI is InChI=1S/C29H33ClF4N8O/c1-16(35)4-2-5-17-12-21(24(31)22(30)13-17)23-14-19-15-42(28(43)41-26(19)40-23)20-8-6-18(7-9-20)25(29(32,33)34)38-10-3-11-39-27(36)37/h6-9,12-16,25,38H,2-5,10-11,35H2,1H3,(H4,36,37,39)(H,40,41,43)/t16-,25+/m0/s1. The number of nitrogens with one attached hydrogen (secondary N) is 2. The number of fused-ring (bicyclic) bond motifs is 1. The van der Waals surface area contributed by atoms with Crippen molar-refractivity contribution in [2.24, 2.45) is 22.2 Å². The summed E-state index contributed by atoms with van der Waals surface area (Å²) >= 11 is 6.18. The van der Waals surface area contributed by atoms with Crippen molar-refractivity contribution in [3.63, 3.8) is 0 Å². The van der Waals surface area contributed by atoms with E-state index in [-0.39, 0.29) is 46.9 Å². The van der Waals surface area contributed by atoms with Gasteiger partial charge >= 0.3 is 11.9 Å². The number of aliphatic imine (C=N–C) groups is 1. The summed E-state index contributed by atoms with van der Waals surface area (Å²) in [5.41, 5.74) is 17.6. The molecular formula is C29H33ClF4N8O. The molecule has 0 saturated carbocycles. The second-order valence-corrected chi connectivity index (χ2v) is 10.8. The average Bonchev–Trinajstić information content (AvgIpc) is 3.33. The minimum Gasteiger partial charge on any atom is -0.370 e. The van der Waals surface area contributed by atoms with Crippen molar-refractivity contribution in [1.29, 1.82) is 0 Å². The molecule has 0 aliphatic carbocycles. The van der Waals surface area contributed by atoms with Crippen molar-refractivity contribution in [3.05, 3.63) is 81.1 Å². The first-order valence-electron chi connectivity index (χ1n) is 13.7. The fraction of sp³-hybridized carbons (Fsp3) is 0.345. The number of nitrogens with zero attached hydrogens (tertiary/aromatic N) is 3. The normalized spacial score (nSPS) is 13.3. The number of aromatic amines is 1. The predicted octanol–water partition coefficient (Wildman–Crippen LogP) is 4.70. The van der Waals surface area contributed by atoms with Gasteiger partial charge in [0.25, 0.3) is 0 Å². The van der Waals surface area contributed by atoms with Gasteiger partial charge in [-0.15, -0.1) is 0 Å². The average molecular weight is 621 g/mol. The van der Waals surface area contributed by atoms with Gasteiger partial charge in [0.15, 0.2) is 11.8 Å². The van der Waals surface area contributed by atoms with Crippen LogP contribution >= 0.6 is 11.6 Å². The number of hydrogen-bond donors (Lipinski definition) is 5. The van der Waals surface area contributed by atoms with E-state index in [9.17, 15) is 18.0 Å². The first-order chi connectivity index (χ1) is 20.3. The van der Waals surface area contributed by atoms with Crippen LogP contribution in [0, 0.1) is 5.82 Å². The molecule has 0 spiro atoms. The van der Waals surface area contributed by atoms with Crippen LogP contribution in [0.1, 0.15) is 43.4 Å². The number of aromatic nitrogens is 3. The summed E-state index contributed by atoms with van der Waals surface area (Å²) in [5, 5.41) is 2.95. The summed E-state index contributed by atoms with van der Waals surface area (Å²) in [5.74, 6) is -0.740. The highest BCUT2D eigenvalue weighted by atomic mass is 35.5. The zero-order chi connectivity index (χ0) is 31.3. The molecule has 0 aliphatic rings. The lowest BCUT2D eigenvalue weighted by atomic mass is 10.0. The molecule has 2 atom stereocenters. The van der Waals surface area contributed by atoms with Crippen molar-refractivity contribution in [2.45, 2.75) is 50.9 Å². The first-order valence-corrected chi connectivity index (χ1v) is 14.0. The number of hydrogen-bond acceptors (Lipinski definition) is 5. The molecule has 2 heterocycles. The Kier molecular flexibility index (Phi) is 10.1. The van der Waals surface area contributed by atoms with Gasteiger partial charge in [-0.1, -0.05) is 23.7 Å². The quantitative estimate of drug-likeness (QED) is 0.0670. The third-order valence-corrected chi connectivity index (χ3v) is 7.10. The number of halogens is 5. The highest BCUT2D eigenvalue weighted by molar-refractivity contribution is 6.31. The molecule has 230 valence electrons. The number of alkyl halides is 3. The van der Waals surface area contributed by atoms with Gasteiger partial charge in [-0.3, -0.25) is 9.56 Å². The molecule has 0 bridgehead atoms. The van der Waals surface area contributed by atoms with Crippen LogP contribution in [0.3, 0.4) is 0 Å². The van der Waals surface area contributed by atoms with E-state index in [4.69, 9.17) is 28.8 Å². The molecule has 0 amide bonds. The van der Waals surface area contributed by atoms with Gasteiger partial charge in [-0.25, -0.2) is 9.18 Å². The summed E-state index contributed by atoms with van der Waals surface area (Å²) in [6.07, 6.45) is -0.483. The zero-order valence-electron chi connectivity index (χ0n) is 23.4. The Labute approximate surface area is 250 Å². The third kappa shape index (κ3) is 8.12. The van der Waals surface area contributed by atoms with E-state index in [1.165, 1.54) is 35.0 Å². The number of H-pyrrole nitrogens is 1. The van der Waals surface area contributed by atoms with Crippen molar-refractivity contribution < 1.29 is 17.6 Å². The molecule has 0 aliphatic heterocycles. The van der Waals surface area contributed by atoms with Crippen LogP contribution < -0.4 is 28.2 Å². The van der Waals surface area contributed by atoms with Gasteiger partial charge in [0, 0.05) is 29.7 Å². The Bertz CT molecular complexity index is 1640. The maximum Gasteiger partial charge on any atom is 0.407 e. The van der Waals surface area contributed by atoms with Gasteiger partial charge in [0.1, 0.15) is 11.7 Å².